The van der Waals surface area contributed by atoms with Crippen molar-refractivity contribution in [2.24, 2.45) is 0 Å². The third-order valence-corrected chi connectivity index (χ3v) is 4.07. The maximum atomic E-state index is 5.37. The summed E-state index contributed by atoms with van der Waals surface area (Å²) in [6, 6.07) is 10.7. The van der Waals surface area contributed by atoms with Gasteiger partial charge in [0.05, 0.1) is 7.11 Å². The molecule has 0 radical (unpaired) electrons. The van der Waals surface area contributed by atoms with Gasteiger partial charge in [-0.1, -0.05) is 6.07 Å². The number of benzene rings is 1. The van der Waals surface area contributed by atoms with Crippen LogP contribution in [0.5, 0.6) is 5.75 Å². The molecule has 104 valence electrons. The Morgan fingerprint density at radius 3 is 2.75 bits per heavy atom. The zero-order valence-electron chi connectivity index (χ0n) is 12.0. The molecule has 0 amide bonds. The second-order valence-corrected chi connectivity index (χ2v) is 5.42. The molecule has 0 N–H and O–H groups in total. The van der Waals surface area contributed by atoms with Crippen molar-refractivity contribution in [2.75, 3.05) is 20.7 Å². The molecule has 2 heterocycles. The highest BCUT2D eigenvalue weighted by molar-refractivity contribution is 5.42. The first-order valence-corrected chi connectivity index (χ1v) is 7.03. The highest BCUT2D eigenvalue weighted by atomic mass is 16.5. The first-order chi connectivity index (χ1) is 9.78. The van der Waals surface area contributed by atoms with Gasteiger partial charge in [-0.15, -0.1) is 0 Å². The van der Waals surface area contributed by atoms with Gasteiger partial charge in [0.1, 0.15) is 5.75 Å². The minimum atomic E-state index is 0.448. The molecule has 1 aromatic heterocycles. The third kappa shape index (κ3) is 2.54. The zero-order valence-corrected chi connectivity index (χ0v) is 12.0. The lowest BCUT2D eigenvalue weighted by Crippen LogP contribution is -2.17. The van der Waals surface area contributed by atoms with E-state index in [1.165, 1.54) is 16.7 Å². The Morgan fingerprint density at radius 2 is 2.00 bits per heavy atom. The van der Waals surface area contributed by atoms with Gasteiger partial charge in [0.2, 0.25) is 0 Å². The topological polar surface area (TPSA) is 25.4 Å². The molecule has 20 heavy (non-hydrogen) atoms. The minimum absolute atomic E-state index is 0.448. The van der Waals surface area contributed by atoms with Crippen molar-refractivity contribution in [2.45, 2.75) is 18.9 Å². The summed E-state index contributed by atoms with van der Waals surface area (Å²) in [5, 5.41) is 0. The smallest absolute Gasteiger partial charge is 0.119 e. The SMILES string of the molecule is COc1ccc2c(c1)CN(C)CCC2c1ccncc1. The Bertz CT molecular complexity index is 583. The lowest BCUT2D eigenvalue weighted by atomic mass is 9.87. The summed E-state index contributed by atoms with van der Waals surface area (Å²) in [5.41, 5.74) is 4.13. The van der Waals surface area contributed by atoms with Gasteiger partial charge < -0.3 is 9.64 Å². The molecule has 0 spiro atoms. The van der Waals surface area contributed by atoms with E-state index < -0.39 is 0 Å². The van der Waals surface area contributed by atoms with E-state index in [-0.39, 0.29) is 0 Å². The zero-order chi connectivity index (χ0) is 13.9. The van der Waals surface area contributed by atoms with Gasteiger partial charge in [-0.3, -0.25) is 4.98 Å². The Labute approximate surface area is 120 Å². The molecule has 1 atom stereocenters. The molecular formula is C17H20N2O. The van der Waals surface area contributed by atoms with E-state index in [1.807, 2.05) is 12.4 Å². The number of ether oxygens (including phenoxy) is 1. The van der Waals surface area contributed by atoms with E-state index in [1.54, 1.807) is 7.11 Å². The van der Waals surface area contributed by atoms with Crippen LogP contribution in [0.2, 0.25) is 0 Å². The summed E-state index contributed by atoms with van der Waals surface area (Å²) in [4.78, 5) is 6.51. The van der Waals surface area contributed by atoms with Gasteiger partial charge in [-0.05, 0) is 61.0 Å². The number of fused-ring (bicyclic) bond motifs is 1. The number of methoxy groups -OCH3 is 1. The van der Waals surface area contributed by atoms with Crippen LogP contribution in [0.15, 0.2) is 42.7 Å². The number of aromatic nitrogens is 1. The average molecular weight is 268 g/mol. The van der Waals surface area contributed by atoms with Crippen LogP contribution < -0.4 is 4.74 Å². The number of pyridine rings is 1. The molecule has 0 bridgehead atoms. The van der Waals surface area contributed by atoms with Crippen molar-refractivity contribution in [3.63, 3.8) is 0 Å². The molecule has 1 aliphatic heterocycles. The first kappa shape index (κ1) is 13.1. The van der Waals surface area contributed by atoms with Crippen LogP contribution in [-0.2, 0) is 6.54 Å². The highest BCUT2D eigenvalue weighted by Gasteiger charge is 2.22. The standard InChI is InChI=1S/C17H20N2O/c1-19-10-7-17(13-5-8-18-9-6-13)16-4-3-15(20-2)11-14(16)12-19/h3-6,8-9,11,17H,7,10,12H2,1-2H3. The predicted octanol–water partition coefficient (Wildman–Crippen LogP) is 3.06. The highest BCUT2D eigenvalue weighted by Crippen LogP contribution is 2.35. The van der Waals surface area contributed by atoms with Crippen molar-refractivity contribution < 1.29 is 4.74 Å². The predicted molar refractivity (Wildman–Crippen MR) is 80.0 cm³/mol. The Morgan fingerprint density at radius 1 is 1.20 bits per heavy atom. The van der Waals surface area contributed by atoms with Gasteiger partial charge in [-0.2, -0.15) is 0 Å². The van der Waals surface area contributed by atoms with E-state index in [2.05, 4.69) is 47.3 Å². The summed E-state index contributed by atoms with van der Waals surface area (Å²) in [6.07, 6.45) is 4.90. The molecule has 3 nitrogen and oxygen atoms in total. The third-order valence-electron chi connectivity index (χ3n) is 4.07. The monoisotopic (exact) mass is 268 g/mol. The maximum absolute atomic E-state index is 5.37. The molecule has 1 aliphatic rings. The Balaban J connectivity index is 2.06. The molecule has 0 fully saturated rings. The number of hydrogen-bond acceptors (Lipinski definition) is 3. The van der Waals surface area contributed by atoms with Crippen molar-refractivity contribution in [3.8, 4) is 5.75 Å². The van der Waals surface area contributed by atoms with Gasteiger partial charge in [0, 0.05) is 24.9 Å². The van der Waals surface area contributed by atoms with Crippen LogP contribution in [0.3, 0.4) is 0 Å². The molecule has 0 saturated carbocycles. The summed E-state index contributed by atoms with van der Waals surface area (Å²) in [7, 11) is 3.90. The van der Waals surface area contributed by atoms with Crippen molar-refractivity contribution in [1.82, 2.24) is 9.88 Å². The lowest BCUT2D eigenvalue weighted by Gasteiger charge is -2.18. The molecule has 1 aromatic carbocycles. The molecule has 2 aromatic rings. The van der Waals surface area contributed by atoms with Crippen LogP contribution in [0, 0.1) is 0 Å². The van der Waals surface area contributed by atoms with Crippen molar-refractivity contribution >= 4 is 0 Å². The average Bonchev–Trinajstić information content (AvgIpc) is 2.65. The second-order valence-electron chi connectivity index (χ2n) is 5.42. The quantitative estimate of drug-likeness (QED) is 0.837. The number of hydrogen-bond donors (Lipinski definition) is 0. The van der Waals surface area contributed by atoms with Crippen LogP contribution in [-0.4, -0.2) is 30.6 Å². The maximum Gasteiger partial charge on any atom is 0.119 e. The van der Waals surface area contributed by atoms with E-state index >= 15 is 0 Å². The van der Waals surface area contributed by atoms with Gasteiger partial charge in [0.15, 0.2) is 0 Å². The largest absolute Gasteiger partial charge is 0.497 e. The molecule has 3 rings (SSSR count). The Hall–Kier alpha value is -1.87. The molecule has 1 unspecified atom stereocenters. The van der Waals surface area contributed by atoms with E-state index in [0.29, 0.717) is 5.92 Å². The van der Waals surface area contributed by atoms with Crippen molar-refractivity contribution in [3.05, 3.63) is 59.4 Å². The summed E-state index contributed by atoms with van der Waals surface area (Å²) < 4.78 is 5.37. The van der Waals surface area contributed by atoms with Crippen molar-refractivity contribution in [1.29, 1.82) is 0 Å². The molecule has 3 heteroatoms. The van der Waals surface area contributed by atoms with Gasteiger partial charge >= 0.3 is 0 Å². The Kier molecular flexibility index (Phi) is 3.70. The number of rotatable bonds is 2. The fourth-order valence-electron chi connectivity index (χ4n) is 3.00. The van der Waals surface area contributed by atoms with Crippen LogP contribution in [0.25, 0.3) is 0 Å². The molecule has 0 aliphatic carbocycles. The van der Waals surface area contributed by atoms with Gasteiger partial charge in [0.25, 0.3) is 0 Å². The van der Waals surface area contributed by atoms with Crippen LogP contribution in [0.4, 0.5) is 0 Å². The fourth-order valence-corrected chi connectivity index (χ4v) is 3.00. The van der Waals surface area contributed by atoms with Gasteiger partial charge in [-0.25, -0.2) is 0 Å². The fraction of sp³-hybridized carbons (Fsp3) is 0.353. The van der Waals surface area contributed by atoms with E-state index in [0.717, 1.165) is 25.3 Å². The van der Waals surface area contributed by atoms with E-state index in [9.17, 15) is 0 Å². The summed E-state index contributed by atoms with van der Waals surface area (Å²) in [5.74, 6) is 1.39. The van der Waals surface area contributed by atoms with Crippen LogP contribution >= 0.6 is 0 Å². The second kappa shape index (κ2) is 5.63. The normalized spacial score (nSPS) is 19.2. The molecule has 0 saturated heterocycles. The molecular weight excluding hydrogens is 248 g/mol. The first-order valence-electron chi connectivity index (χ1n) is 7.03. The van der Waals surface area contributed by atoms with E-state index in [4.69, 9.17) is 4.74 Å². The lowest BCUT2D eigenvalue weighted by molar-refractivity contribution is 0.327. The summed E-state index contributed by atoms with van der Waals surface area (Å²) >= 11 is 0. The minimum Gasteiger partial charge on any atom is -0.497 e. The number of nitrogens with zero attached hydrogens (tertiary/aromatic N) is 2. The van der Waals surface area contributed by atoms with Crippen LogP contribution in [0.1, 0.15) is 29.0 Å². The summed E-state index contributed by atoms with van der Waals surface area (Å²) in [6.45, 7) is 2.08.